The summed E-state index contributed by atoms with van der Waals surface area (Å²) in [6, 6.07) is 30.0. The molecule has 18 heteroatoms. The van der Waals surface area contributed by atoms with Crippen molar-refractivity contribution in [2.75, 3.05) is 11.5 Å². The van der Waals surface area contributed by atoms with Gasteiger partial charge in [0, 0.05) is 35.4 Å². The average Bonchev–Trinajstić information content (AvgIpc) is 3.85. The van der Waals surface area contributed by atoms with Crippen molar-refractivity contribution in [3.63, 3.8) is 0 Å². The maximum atomic E-state index is 13.8. The second kappa shape index (κ2) is 14.4. The van der Waals surface area contributed by atoms with Gasteiger partial charge in [-0.2, -0.15) is 15.6 Å². The summed E-state index contributed by atoms with van der Waals surface area (Å²) in [5.41, 5.74) is 0.902. The van der Waals surface area contributed by atoms with Crippen molar-refractivity contribution in [2.45, 2.75) is 17.4 Å². The summed E-state index contributed by atoms with van der Waals surface area (Å²) in [5.74, 6) is -2.99. The minimum absolute atomic E-state index is 0.0262. The number of nitro benzene ring substituents is 2. The SMILES string of the molecule is N#CC1=C(NC(=O)c2ccccc2)N2C(=C(C#N)C1c1cccc([N+](=O)[O-])c1)Sc1c2nn(CCON2C(=O)c3ccccc3C2=O)c1-c1cccc([N+](=O)[O-])c1. The van der Waals surface area contributed by atoms with E-state index < -0.39 is 33.5 Å². The van der Waals surface area contributed by atoms with Crippen molar-refractivity contribution >= 4 is 46.7 Å². The van der Waals surface area contributed by atoms with Crippen LogP contribution in [0.1, 0.15) is 42.6 Å². The molecule has 5 aromatic rings. The van der Waals surface area contributed by atoms with Crippen molar-refractivity contribution in [2.24, 2.45) is 0 Å². The fourth-order valence-corrected chi connectivity index (χ4v) is 8.08. The molecule has 3 amide bonds. The Bertz CT molecular complexity index is 2710. The number of hydrogen-bond acceptors (Lipinski definition) is 13. The van der Waals surface area contributed by atoms with Gasteiger partial charge in [0.15, 0.2) is 5.82 Å². The van der Waals surface area contributed by atoms with E-state index >= 15 is 0 Å². The van der Waals surface area contributed by atoms with E-state index in [1.807, 2.05) is 0 Å². The Balaban J connectivity index is 1.26. The first-order chi connectivity index (χ1) is 27.6. The second-order valence-electron chi connectivity index (χ2n) is 12.6. The monoisotopic (exact) mass is 777 g/mol. The molecule has 0 saturated carbocycles. The molecule has 278 valence electrons. The van der Waals surface area contributed by atoms with Gasteiger partial charge in [-0.25, -0.2) is 0 Å². The summed E-state index contributed by atoms with van der Waals surface area (Å²) >= 11 is 1.05. The number of nitriles is 2. The highest BCUT2D eigenvalue weighted by Crippen LogP contribution is 2.57. The summed E-state index contributed by atoms with van der Waals surface area (Å²) in [7, 11) is 0. The standard InChI is InChI=1S/C39H23N9O8S/c40-20-29-31(23-10-6-12-25(18-23)47(52)53)30(21-41)39-45(34(29)42-36(49)22-8-2-1-3-9-22)35-33(57-39)32(24-11-7-13-26(19-24)48(54)55)44(43-35)16-17-56-46-37(50)27-14-4-5-15-28(27)38(46)51/h1-15,18-19,31H,16-17H2,(H,42,49). The van der Waals surface area contributed by atoms with Crippen LogP contribution < -0.4 is 10.2 Å². The van der Waals surface area contributed by atoms with E-state index in [2.05, 4.69) is 17.5 Å². The van der Waals surface area contributed by atoms with Crippen LogP contribution in [0.15, 0.2) is 130 Å². The summed E-state index contributed by atoms with van der Waals surface area (Å²) in [5, 5.41) is 53.7. The Labute approximate surface area is 325 Å². The summed E-state index contributed by atoms with van der Waals surface area (Å²) in [6.07, 6.45) is 0. The van der Waals surface area contributed by atoms with E-state index in [0.717, 1.165) is 11.8 Å². The zero-order valence-electron chi connectivity index (χ0n) is 29.1. The zero-order chi connectivity index (χ0) is 40.0. The number of fused-ring (bicyclic) bond motifs is 4. The second-order valence-corrected chi connectivity index (χ2v) is 13.6. The fraction of sp³-hybridized carbons (Fsp3) is 0.0769. The van der Waals surface area contributed by atoms with Crippen LogP contribution in [-0.4, -0.2) is 49.0 Å². The number of benzene rings is 4. The maximum absolute atomic E-state index is 13.8. The molecule has 0 aliphatic carbocycles. The fourth-order valence-electron chi connectivity index (χ4n) is 6.80. The Morgan fingerprint density at radius 1 is 0.842 bits per heavy atom. The first kappa shape index (κ1) is 36.1. The number of allylic oxidation sites excluding steroid dienone is 2. The minimum atomic E-state index is -1.16. The van der Waals surface area contributed by atoms with Gasteiger partial charge in [0.05, 0.1) is 73.9 Å². The van der Waals surface area contributed by atoms with Crippen LogP contribution in [0.3, 0.4) is 0 Å². The van der Waals surface area contributed by atoms with E-state index in [9.17, 15) is 45.1 Å². The first-order valence-corrected chi connectivity index (χ1v) is 17.8. The lowest BCUT2D eigenvalue weighted by molar-refractivity contribution is -0.385. The van der Waals surface area contributed by atoms with Crippen LogP contribution >= 0.6 is 11.8 Å². The van der Waals surface area contributed by atoms with Crippen molar-refractivity contribution in [1.82, 2.24) is 20.2 Å². The van der Waals surface area contributed by atoms with E-state index in [1.165, 1.54) is 58.1 Å². The van der Waals surface area contributed by atoms with E-state index in [4.69, 9.17) is 9.94 Å². The van der Waals surface area contributed by atoms with E-state index in [-0.39, 0.29) is 74.6 Å². The third-order valence-corrected chi connectivity index (χ3v) is 10.5. The molecule has 3 aliphatic rings. The lowest BCUT2D eigenvalue weighted by Crippen LogP contribution is -2.39. The van der Waals surface area contributed by atoms with Gasteiger partial charge in [-0.1, -0.05) is 66.4 Å². The van der Waals surface area contributed by atoms with Crippen LogP contribution in [-0.2, 0) is 11.4 Å². The molecule has 3 aliphatic heterocycles. The number of nitrogens with zero attached hydrogens (tertiary/aromatic N) is 8. The van der Waals surface area contributed by atoms with Gasteiger partial charge in [-0.05, 0) is 29.8 Å². The number of imide groups is 1. The van der Waals surface area contributed by atoms with Gasteiger partial charge < -0.3 is 5.32 Å². The van der Waals surface area contributed by atoms with Crippen LogP contribution in [0, 0.1) is 42.9 Å². The van der Waals surface area contributed by atoms with Crippen molar-refractivity contribution in [3.8, 4) is 23.4 Å². The van der Waals surface area contributed by atoms with Crippen molar-refractivity contribution in [3.05, 3.63) is 168 Å². The molecule has 4 aromatic carbocycles. The number of thioether (sulfide) groups is 1. The number of nitro groups is 2. The van der Waals surface area contributed by atoms with Crippen molar-refractivity contribution < 1.29 is 29.1 Å². The molecular weight excluding hydrogens is 755 g/mol. The summed E-state index contributed by atoms with van der Waals surface area (Å²) in [6.45, 7) is -0.371. The number of hydroxylamine groups is 2. The normalized spacial score (nSPS) is 15.5. The van der Waals surface area contributed by atoms with Gasteiger partial charge in [-0.15, -0.1) is 5.06 Å². The number of rotatable bonds is 10. The Morgan fingerprint density at radius 3 is 2.12 bits per heavy atom. The van der Waals surface area contributed by atoms with Crippen molar-refractivity contribution in [1.29, 1.82) is 10.5 Å². The molecule has 0 spiro atoms. The van der Waals surface area contributed by atoms with E-state index in [0.29, 0.717) is 21.2 Å². The Hall–Kier alpha value is -7.93. The molecule has 57 heavy (non-hydrogen) atoms. The molecule has 17 nitrogen and oxygen atoms in total. The van der Waals surface area contributed by atoms with Gasteiger partial charge in [0.25, 0.3) is 29.1 Å². The predicted octanol–water partition coefficient (Wildman–Crippen LogP) is 6.20. The Morgan fingerprint density at radius 2 is 1.47 bits per heavy atom. The van der Waals surface area contributed by atoms with Crippen LogP contribution in [0.5, 0.6) is 0 Å². The summed E-state index contributed by atoms with van der Waals surface area (Å²) in [4.78, 5) is 69.8. The number of nitrogens with one attached hydrogen (secondary N) is 1. The molecule has 0 fully saturated rings. The molecule has 1 atom stereocenters. The smallest absolute Gasteiger partial charge is 0.285 e. The van der Waals surface area contributed by atoms with Gasteiger partial charge in [0.1, 0.15) is 10.9 Å². The molecule has 1 aromatic heterocycles. The van der Waals surface area contributed by atoms with Crippen LogP contribution in [0.4, 0.5) is 17.2 Å². The quantitative estimate of drug-likeness (QED) is 0.0946. The summed E-state index contributed by atoms with van der Waals surface area (Å²) < 4.78 is 1.45. The molecule has 8 rings (SSSR count). The molecule has 0 bridgehead atoms. The topological polar surface area (TPSA) is 231 Å². The number of carbonyl (C=O) groups excluding carboxylic acids is 3. The van der Waals surface area contributed by atoms with Gasteiger partial charge in [0.2, 0.25) is 0 Å². The third kappa shape index (κ3) is 6.12. The predicted molar refractivity (Wildman–Crippen MR) is 201 cm³/mol. The number of aromatic nitrogens is 2. The maximum Gasteiger partial charge on any atom is 0.285 e. The molecule has 0 saturated heterocycles. The highest BCUT2D eigenvalue weighted by atomic mass is 32.2. The third-order valence-electron chi connectivity index (χ3n) is 9.33. The van der Waals surface area contributed by atoms with Crippen LogP contribution in [0.2, 0.25) is 0 Å². The zero-order valence-corrected chi connectivity index (χ0v) is 29.9. The highest BCUT2D eigenvalue weighted by Gasteiger charge is 2.46. The van der Waals surface area contributed by atoms with Crippen LogP contribution in [0.25, 0.3) is 11.3 Å². The van der Waals surface area contributed by atoms with E-state index in [1.54, 1.807) is 54.6 Å². The number of carbonyl (C=O) groups is 3. The molecule has 1 N–H and O–H groups in total. The number of non-ortho nitro benzene ring substituents is 2. The molecular formula is C39H23N9O8S. The first-order valence-electron chi connectivity index (χ1n) is 16.9. The average molecular weight is 778 g/mol. The lowest BCUT2D eigenvalue weighted by atomic mass is 9.83. The van der Waals surface area contributed by atoms with Gasteiger partial charge in [-0.3, -0.25) is 49.0 Å². The number of anilines is 1. The largest absolute Gasteiger partial charge is 0.307 e. The molecule has 4 heterocycles. The number of hydrogen-bond donors (Lipinski definition) is 1. The number of amides is 3. The highest BCUT2D eigenvalue weighted by molar-refractivity contribution is 8.04. The molecule has 1 unspecified atom stereocenters. The minimum Gasteiger partial charge on any atom is -0.307 e. The van der Waals surface area contributed by atoms with Gasteiger partial charge >= 0.3 is 0 Å². The molecule has 0 radical (unpaired) electrons. The Kier molecular flexibility index (Phi) is 9.10. The lowest BCUT2D eigenvalue weighted by Gasteiger charge is -2.33.